The predicted molar refractivity (Wildman–Crippen MR) is 72.8 cm³/mol. The molecule has 4 heteroatoms. The average Bonchev–Trinajstić information content (AvgIpc) is 2.43. The molecule has 1 aromatic rings. The molecule has 2 atom stereocenters. The molecule has 0 bridgehead atoms. The van der Waals surface area contributed by atoms with Gasteiger partial charge in [0.1, 0.15) is 5.75 Å². The van der Waals surface area contributed by atoms with Gasteiger partial charge in [-0.15, -0.1) is 0 Å². The number of hydrogen-bond acceptors (Lipinski definition) is 4. The predicted octanol–water partition coefficient (Wildman–Crippen LogP) is 1.77. The second-order valence-corrected chi connectivity index (χ2v) is 5.21. The van der Waals surface area contributed by atoms with Crippen LogP contribution < -0.4 is 4.74 Å². The summed E-state index contributed by atoms with van der Waals surface area (Å²) in [6.45, 7) is 4.59. The number of aliphatic hydroxyl groups is 1. The number of methoxy groups -OCH3 is 1. The maximum absolute atomic E-state index is 9.75. The molecule has 0 amide bonds. The highest BCUT2D eigenvalue weighted by atomic mass is 16.5. The molecule has 1 heterocycles. The first kappa shape index (κ1) is 13.9. The fourth-order valence-corrected chi connectivity index (χ4v) is 2.58. The Kier molecular flexibility index (Phi) is 4.41. The van der Waals surface area contributed by atoms with E-state index in [-0.39, 0.29) is 6.10 Å². The van der Waals surface area contributed by atoms with Gasteiger partial charge in [-0.3, -0.25) is 4.90 Å². The SMILES string of the molecule is COc1ccc(C#N)cc1CN1CCC(O)C(C)C1. The molecule has 2 rings (SSSR count). The van der Waals surface area contributed by atoms with Crippen molar-refractivity contribution >= 4 is 0 Å². The molecule has 19 heavy (non-hydrogen) atoms. The minimum absolute atomic E-state index is 0.191. The topological polar surface area (TPSA) is 56.5 Å². The van der Waals surface area contributed by atoms with Crippen LogP contribution in [0.15, 0.2) is 18.2 Å². The smallest absolute Gasteiger partial charge is 0.123 e. The van der Waals surface area contributed by atoms with E-state index in [1.54, 1.807) is 13.2 Å². The number of nitriles is 1. The van der Waals surface area contributed by atoms with Crippen molar-refractivity contribution in [3.8, 4) is 11.8 Å². The molecular weight excluding hydrogens is 240 g/mol. The summed E-state index contributed by atoms with van der Waals surface area (Å²) in [7, 11) is 1.65. The van der Waals surface area contributed by atoms with Crippen molar-refractivity contribution in [3.63, 3.8) is 0 Å². The molecule has 0 aliphatic carbocycles. The summed E-state index contributed by atoms with van der Waals surface area (Å²) in [6, 6.07) is 7.65. The van der Waals surface area contributed by atoms with Gasteiger partial charge in [0.25, 0.3) is 0 Å². The van der Waals surface area contributed by atoms with Crippen LogP contribution in [0.25, 0.3) is 0 Å². The van der Waals surface area contributed by atoms with E-state index in [0.717, 1.165) is 37.4 Å². The van der Waals surface area contributed by atoms with Crippen molar-refractivity contribution in [3.05, 3.63) is 29.3 Å². The number of piperidine rings is 1. The van der Waals surface area contributed by atoms with Crippen LogP contribution in [0.2, 0.25) is 0 Å². The second-order valence-electron chi connectivity index (χ2n) is 5.21. The summed E-state index contributed by atoms with van der Waals surface area (Å²) in [4.78, 5) is 2.30. The van der Waals surface area contributed by atoms with Gasteiger partial charge in [0.2, 0.25) is 0 Å². The Bertz CT molecular complexity index is 482. The normalized spacial score (nSPS) is 23.9. The number of aliphatic hydroxyl groups excluding tert-OH is 1. The third-order valence-corrected chi connectivity index (χ3v) is 3.75. The molecule has 4 nitrogen and oxygen atoms in total. The van der Waals surface area contributed by atoms with E-state index in [9.17, 15) is 5.11 Å². The molecule has 1 saturated heterocycles. The molecule has 2 unspecified atom stereocenters. The Labute approximate surface area is 114 Å². The van der Waals surface area contributed by atoms with E-state index < -0.39 is 0 Å². The second kappa shape index (κ2) is 6.05. The highest BCUT2D eigenvalue weighted by Gasteiger charge is 2.24. The molecule has 1 fully saturated rings. The first-order valence-corrected chi connectivity index (χ1v) is 6.61. The maximum Gasteiger partial charge on any atom is 0.123 e. The molecule has 102 valence electrons. The van der Waals surface area contributed by atoms with E-state index in [4.69, 9.17) is 10.00 Å². The Morgan fingerprint density at radius 1 is 1.53 bits per heavy atom. The summed E-state index contributed by atoms with van der Waals surface area (Å²) in [5.74, 6) is 1.11. The van der Waals surface area contributed by atoms with Crippen LogP contribution in [0.5, 0.6) is 5.75 Å². The van der Waals surface area contributed by atoms with E-state index in [0.29, 0.717) is 11.5 Å². The zero-order valence-electron chi connectivity index (χ0n) is 11.5. The van der Waals surface area contributed by atoms with Gasteiger partial charge < -0.3 is 9.84 Å². The lowest BCUT2D eigenvalue weighted by Crippen LogP contribution is -2.41. The number of nitrogens with zero attached hydrogens (tertiary/aromatic N) is 2. The lowest BCUT2D eigenvalue weighted by molar-refractivity contribution is 0.0318. The molecule has 1 N–H and O–H groups in total. The third-order valence-electron chi connectivity index (χ3n) is 3.75. The number of hydrogen-bond donors (Lipinski definition) is 1. The Morgan fingerprint density at radius 2 is 2.32 bits per heavy atom. The maximum atomic E-state index is 9.75. The average molecular weight is 260 g/mol. The molecule has 1 aliphatic heterocycles. The summed E-state index contributed by atoms with van der Waals surface area (Å²) >= 11 is 0. The minimum Gasteiger partial charge on any atom is -0.496 e. The summed E-state index contributed by atoms with van der Waals surface area (Å²) < 4.78 is 5.35. The molecule has 0 saturated carbocycles. The number of benzene rings is 1. The van der Waals surface area contributed by atoms with Crippen molar-refractivity contribution in [1.82, 2.24) is 4.90 Å². The molecule has 0 spiro atoms. The number of rotatable bonds is 3. The van der Waals surface area contributed by atoms with Crippen molar-refractivity contribution < 1.29 is 9.84 Å². The standard InChI is InChI=1S/C15H20N2O2/c1-11-9-17(6-5-14(11)18)10-13-7-12(8-16)3-4-15(13)19-2/h3-4,7,11,14,18H,5-6,9-10H2,1-2H3. The van der Waals surface area contributed by atoms with Crippen LogP contribution in [0.3, 0.4) is 0 Å². The van der Waals surface area contributed by atoms with Crippen LogP contribution in [0, 0.1) is 17.2 Å². The summed E-state index contributed by atoms with van der Waals surface area (Å²) in [5.41, 5.74) is 1.69. The Hall–Kier alpha value is -1.57. The Balaban J connectivity index is 2.12. The fourth-order valence-electron chi connectivity index (χ4n) is 2.58. The van der Waals surface area contributed by atoms with Gasteiger partial charge in [-0.1, -0.05) is 6.92 Å². The van der Waals surface area contributed by atoms with Gasteiger partial charge >= 0.3 is 0 Å². The molecular formula is C15H20N2O2. The zero-order chi connectivity index (χ0) is 13.8. The fraction of sp³-hybridized carbons (Fsp3) is 0.533. The van der Waals surface area contributed by atoms with Crippen LogP contribution in [0.4, 0.5) is 0 Å². The summed E-state index contributed by atoms with van der Waals surface area (Å²) in [5, 5.41) is 18.7. The molecule has 0 aromatic heterocycles. The van der Waals surface area contributed by atoms with Gasteiger partial charge in [-0.05, 0) is 30.5 Å². The number of likely N-dealkylation sites (tertiary alicyclic amines) is 1. The minimum atomic E-state index is -0.191. The monoisotopic (exact) mass is 260 g/mol. The highest BCUT2D eigenvalue weighted by Crippen LogP contribution is 2.24. The number of ether oxygens (including phenoxy) is 1. The van der Waals surface area contributed by atoms with Crippen molar-refractivity contribution in [2.24, 2.45) is 5.92 Å². The highest BCUT2D eigenvalue weighted by molar-refractivity contribution is 5.42. The quantitative estimate of drug-likeness (QED) is 0.900. The van der Waals surface area contributed by atoms with Crippen molar-refractivity contribution in [1.29, 1.82) is 5.26 Å². The lowest BCUT2D eigenvalue weighted by atomic mass is 9.96. The lowest BCUT2D eigenvalue weighted by Gasteiger charge is -2.34. The first-order valence-electron chi connectivity index (χ1n) is 6.61. The van der Waals surface area contributed by atoms with Crippen molar-refractivity contribution in [2.75, 3.05) is 20.2 Å². The van der Waals surface area contributed by atoms with Gasteiger partial charge in [0.05, 0.1) is 24.8 Å². The van der Waals surface area contributed by atoms with E-state index >= 15 is 0 Å². The van der Waals surface area contributed by atoms with E-state index in [1.807, 2.05) is 12.1 Å². The van der Waals surface area contributed by atoms with Crippen molar-refractivity contribution in [2.45, 2.75) is 26.0 Å². The van der Waals surface area contributed by atoms with E-state index in [1.165, 1.54) is 0 Å². The Morgan fingerprint density at radius 3 is 2.95 bits per heavy atom. The van der Waals surface area contributed by atoms with Crippen LogP contribution in [0.1, 0.15) is 24.5 Å². The van der Waals surface area contributed by atoms with Crippen LogP contribution >= 0.6 is 0 Å². The first-order chi connectivity index (χ1) is 9.13. The molecule has 1 aliphatic rings. The van der Waals surface area contributed by atoms with Gasteiger partial charge in [0.15, 0.2) is 0 Å². The zero-order valence-corrected chi connectivity index (χ0v) is 11.5. The molecule has 1 aromatic carbocycles. The van der Waals surface area contributed by atoms with Crippen LogP contribution in [-0.2, 0) is 6.54 Å². The summed E-state index contributed by atoms with van der Waals surface area (Å²) in [6.07, 6.45) is 0.616. The van der Waals surface area contributed by atoms with Gasteiger partial charge in [0, 0.05) is 25.2 Å². The van der Waals surface area contributed by atoms with Gasteiger partial charge in [-0.25, -0.2) is 0 Å². The molecule has 0 radical (unpaired) electrons. The third kappa shape index (κ3) is 3.25. The van der Waals surface area contributed by atoms with E-state index in [2.05, 4.69) is 17.9 Å². The van der Waals surface area contributed by atoms with Gasteiger partial charge in [-0.2, -0.15) is 5.26 Å². The largest absolute Gasteiger partial charge is 0.496 e. The van der Waals surface area contributed by atoms with Crippen LogP contribution in [-0.4, -0.2) is 36.3 Å².